The van der Waals surface area contributed by atoms with Gasteiger partial charge >= 0.3 is 0 Å². The van der Waals surface area contributed by atoms with E-state index in [1.54, 1.807) is 6.07 Å². The fraction of sp³-hybridized carbons (Fsp3) is 0.455. The summed E-state index contributed by atoms with van der Waals surface area (Å²) in [5, 5.41) is 3.23. The molecule has 90 valence electrons. The van der Waals surface area contributed by atoms with Crippen LogP contribution in [0.4, 0.5) is 0 Å². The van der Waals surface area contributed by atoms with Gasteiger partial charge in [0.2, 0.25) is 0 Å². The van der Waals surface area contributed by atoms with E-state index in [1.807, 2.05) is 39.3 Å². The Balaban J connectivity index is 0.000000509. The molecule has 0 unspecified atom stereocenters. The van der Waals surface area contributed by atoms with Crippen molar-refractivity contribution in [2.45, 2.75) is 32.9 Å². The molecule has 0 bridgehead atoms. The molecule has 0 aliphatic carbocycles. The first kappa shape index (κ1) is 15.2. The summed E-state index contributed by atoms with van der Waals surface area (Å²) in [5.41, 5.74) is -0.0504. The molecule has 5 heteroatoms. The van der Waals surface area contributed by atoms with E-state index in [0.717, 1.165) is 4.83 Å². The van der Waals surface area contributed by atoms with Gasteiger partial charge in [-0.2, -0.15) is 0 Å². The molecule has 2 aromatic heterocycles. The Bertz CT molecular complexity index is 462. The highest BCUT2D eigenvalue weighted by Gasteiger charge is 2.02. The van der Waals surface area contributed by atoms with Crippen LogP contribution in [0, 0.1) is 0 Å². The smallest absolute Gasteiger partial charge is 0.260 e. The molecule has 0 radical (unpaired) electrons. The quantitative estimate of drug-likeness (QED) is 0.626. The number of nitrogens with zero attached hydrogens (tertiary/aromatic N) is 1. The molecule has 3 nitrogen and oxygen atoms in total. The van der Waals surface area contributed by atoms with Crippen LogP contribution in [-0.4, -0.2) is 16.2 Å². The first-order chi connectivity index (χ1) is 7.81. The van der Waals surface area contributed by atoms with Crippen molar-refractivity contribution in [2.75, 3.05) is 6.26 Å². The number of nitrogens with one attached hydrogen (secondary N) is 1. The Kier molecular flexibility index (Phi) is 7.93. The van der Waals surface area contributed by atoms with Gasteiger partial charge in [0.05, 0.1) is 5.39 Å². The van der Waals surface area contributed by atoms with Crippen molar-refractivity contribution >= 4 is 33.3 Å². The van der Waals surface area contributed by atoms with Crippen LogP contribution < -0.4 is 5.56 Å². The number of aromatic nitrogens is 2. The highest BCUT2D eigenvalue weighted by atomic mass is 32.2. The number of hydrogen-bond acceptors (Lipinski definition) is 4. The molecule has 2 rings (SSSR count). The van der Waals surface area contributed by atoms with Crippen molar-refractivity contribution in [1.29, 1.82) is 0 Å². The lowest BCUT2D eigenvalue weighted by molar-refractivity contribution is 0.984. The molecule has 0 aliphatic rings. The molecule has 0 fully saturated rings. The summed E-state index contributed by atoms with van der Waals surface area (Å²) in [6, 6.07) is 1.79. The van der Waals surface area contributed by atoms with Crippen LogP contribution in [0.1, 0.15) is 27.7 Å². The summed E-state index contributed by atoms with van der Waals surface area (Å²) in [5.74, 6) is 0. The second-order valence-electron chi connectivity index (χ2n) is 2.21. The highest BCUT2D eigenvalue weighted by Crippen LogP contribution is 2.16. The highest BCUT2D eigenvalue weighted by molar-refractivity contribution is 7.98. The van der Waals surface area contributed by atoms with E-state index >= 15 is 0 Å². The first-order valence-electron chi connectivity index (χ1n) is 5.33. The summed E-state index contributed by atoms with van der Waals surface area (Å²) < 4.78 is 0. The minimum absolute atomic E-state index is 0.0504. The normalized spacial score (nSPS) is 8.81. The van der Waals surface area contributed by atoms with E-state index in [2.05, 4.69) is 9.97 Å². The minimum atomic E-state index is -0.0504. The van der Waals surface area contributed by atoms with E-state index in [9.17, 15) is 4.79 Å². The van der Waals surface area contributed by atoms with Crippen LogP contribution in [0.15, 0.2) is 21.4 Å². The summed E-state index contributed by atoms with van der Waals surface area (Å²) in [7, 11) is 0. The summed E-state index contributed by atoms with van der Waals surface area (Å²) in [6.45, 7) is 8.00. The molecule has 0 saturated carbocycles. The van der Waals surface area contributed by atoms with Gasteiger partial charge in [-0.25, -0.2) is 4.98 Å². The van der Waals surface area contributed by atoms with E-state index in [1.165, 1.54) is 23.1 Å². The molecule has 0 amide bonds. The second kappa shape index (κ2) is 8.35. The number of rotatable bonds is 1. The van der Waals surface area contributed by atoms with Gasteiger partial charge in [0.25, 0.3) is 5.56 Å². The first-order valence-corrected chi connectivity index (χ1v) is 7.43. The largest absolute Gasteiger partial charge is 0.301 e. The van der Waals surface area contributed by atoms with E-state index in [0.29, 0.717) is 10.5 Å². The second-order valence-corrected chi connectivity index (χ2v) is 3.90. The minimum Gasteiger partial charge on any atom is -0.301 e. The van der Waals surface area contributed by atoms with Gasteiger partial charge < -0.3 is 4.98 Å². The number of thiophene rings is 1. The van der Waals surface area contributed by atoms with Crippen molar-refractivity contribution < 1.29 is 0 Å². The van der Waals surface area contributed by atoms with Crippen LogP contribution in [0.25, 0.3) is 10.2 Å². The Hall–Kier alpha value is -0.810. The Morgan fingerprint density at radius 2 is 1.94 bits per heavy atom. The number of fused-ring (bicyclic) bond motifs is 1. The lowest BCUT2D eigenvalue weighted by Gasteiger charge is -1.93. The third-order valence-electron chi connectivity index (χ3n) is 1.51. The van der Waals surface area contributed by atoms with Gasteiger partial charge in [-0.05, 0) is 17.7 Å². The Labute approximate surface area is 104 Å². The van der Waals surface area contributed by atoms with E-state index < -0.39 is 0 Å². The molecule has 16 heavy (non-hydrogen) atoms. The van der Waals surface area contributed by atoms with E-state index in [-0.39, 0.29) is 5.56 Å². The standard InChI is InChI=1S/C7H6N2OS2.2C2H6/c1-11-7-8-5(10)4-2-3-12-6(4)9-7;2*1-2/h2-3H,1H3,(H,8,9,10);2*1-2H3. The molecular weight excluding hydrogens is 240 g/mol. The van der Waals surface area contributed by atoms with Gasteiger partial charge in [-0.3, -0.25) is 4.79 Å². The maximum Gasteiger partial charge on any atom is 0.260 e. The van der Waals surface area contributed by atoms with Crippen molar-refractivity contribution in [3.63, 3.8) is 0 Å². The summed E-state index contributed by atoms with van der Waals surface area (Å²) in [4.78, 5) is 19.1. The fourth-order valence-corrected chi connectivity index (χ4v) is 2.14. The monoisotopic (exact) mass is 258 g/mol. The third kappa shape index (κ3) is 3.64. The van der Waals surface area contributed by atoms with Crippen molar-refractivity contribution in [3.8, 4) is 0 Å². The zero-order chi connectivity index (χ0) is 12.6. The molecule has 2 aromatic rings. The molecule has 0 atom stereocenters. The number of H-pyrrole nitrogens is 1. The summed E-state index contributed by atoms with van der Waals surface area (Å²) in [6.07, 6.45) is 1.89. The van der Waals surface area contributed by atoms with Crippen molar-refractivity contribution in [1.82, 2.24) is 9.97 Å². The molecular formula is C11H18N2OS2. The van der Waals surface area contributed by atoms with Gasteiger partial charge in [0.15, 0.2) is 5.16 Å². The maximum absolute atomic E-state index is 11.3. The lowest BCUT2D eigenvalue weighted by atomic mass is 10.4. The average molecular weight is 258 g/mol. The van der Waals surface area contributed by atoms with Crippen LogP contribution in [0.3, 0.4) is 0 Å². The molecule has 1 N–H and O–H groups in total. The van der Waals surface area contributed by atoms with Crippen LogP contribution in [-0.2, 0) is 0 Å². The summed E-state index contributed by atoms with van der Waals surface area (Å²) >= 11 is 2.93. The van der Waals surface area contributed by atoms with Crippen LogP contribution in [0.2, 0.25) is 0 Å². The number of hydrogen-bond donors (Lipinski definition) is 1. The zero-order valence-electron chi connectivity index (χ0n) is 10.3. The average Bonchev–Trinajstić information content (AvgIpc) is 2.83. The number of aromatic amines is 1. The topological polar surface area (TPSA) is 45.8 Å². The SMILES string of the molecule is CC.CC.CSc1nc2sccc2c(=O)[nH]1. The van der Waals surface area contributed by atoms with Gasteiger partial charge in [0, 0.05) is 0 Å². The number of thioether (sulfide) groups is 1. The predicted molar refractivity (Wildman–Crippen MR) is 74.7 cm³/mol. The molecule has 0 aliphatic heterocycles. The lowest BCUT2D eigenvalue weighted by Crippen LogP contribution is -2.06. The van der Waals surface area contributed by atoms with Gasteiger partial charge in [-0.15, -0.1) is 11.3 Å². The van der Waals surface area contributed by atoms with Gasteiger partial charge in [0.1, 0.15) is 4.83 Å². The Morgan fingerprint density at radius 1 is 1.31 bits per heavy atom. The molecule has 0 aromatic carbocycles. The van der Waals surface area contributed by atoms with Crippen molar-refractivity contribution in [2.24, 2.45) is 0 Å². The molecule has 0 spiro atoms. The van der Waals surface area contributed by atoms with Crippen LogP contribution in [0.5, 0.6) is 0 Å². The Morgan fingerprint density at radius 3 is 2.50 bits per heavy atom. The van der Waals surface area contributed by atoms with Crippen molar-refractivity contribution in [3.05, 3.63) is 21.8 Å². The fourth-order valence-electron chi connectivity index (χ4n) is 0.942. The van der Waals surface area contributed by atoms with Crippen LogP contribution >= 0.6 is 23.1 Å². The van der Waals surface area contributed by atoms with E-state index in [4.69, 9.17) is 0 Å². The zero-order valence-corrected chi connectivity index (χ0v) is 12.0. The third-order valence-corrected chi connectivity index (χ3v) is 2.89. The molecule has 2 heterocycles. The van der Waals surface area contributed by atoms with Gasteiger partial charge in [-0.1, -0.05) is 39.5 Å². The molecule has 0 saturated heterocycles. The predicted octanol–water partition coefficient (Wildman–Crippen LogP) is 3.76. The maximum atomic E-state index is 11.3.